The van der Waals surface area contributed by atoms with Gasteiger partial charge in [0.25, 0.3) is 0 Å². The van der Waals surface area contributed by atoms with E-state index < -0.39 is 0 Å². The third-order valence-corrected chi connectivity index (χ3v) is 4.31. The lowest BCUT2D eigenvalue weighted by Gasteiger charge is -2.23. The Labute approximate surface area is 117 Å². The minimum Gasteiger partial charge on any atom is -0.327 e. The molecule has 1 aliphatic carbocycles. The van der Waals surface area contributed by atoms with Crippen molar-refractivity contribution in [3.63, 3.8) is 0 Å². The van der Waals surface area contributed by atoms with E-state index in [0.717, 1.165) is 31.2 Å². The van der Waals surface area contributed by atoms with E-state index in [1.165, 1.54) is 31.4 Å². The van der Waals surface area contributed by atoms with Crippen LogP contribution in [0.3, 0.4) is 0 Å². The van der Waals surface area contributed by atoms with Gasteiger partial charge in [0.1, 0.15) is 0 Å². The highest BCUT2D eigenvalue weighted by molar-refractivity contribution is 5.09. The summed E-state index contributed by atoms with van der Waals surface area (Å²) in [6.45, 7) is 7.46. The molecule has 0 aliphatic heterocycles. The van der Waals surface area contributed by atoms with Gasteiger partial charge in [0, 0.05) is 18.3 Å². The van der Waals surface area contributed by atoms with Crippen LogP contribution in [0.4, 0.5) is 0 Å². The fraction of sp³-hybridized carbons (Fsp3) is 0.688. The van der Waals surface area contributed by atoms with Gasteiger partial charge in [0.05, 0.1) is 5.69 Å². The zero-order chi connectivity index (χ0) is 13.7. The van der Waals surface area contributed by atoms with Crippen LogP contribution in [0, 0.1) is 12.8 Å². The first-order valence-corrected chi connectivity index (χ1v) is 7.59. The van der Waals surface area contributed by atoms with Crippen LogP contribution in [0.2, 0.25) is 0 Å². The molecule has 1 aromatic rings. The monoisotopic (exact) mass is 261 g/mol. The van der Waals surface area contributed by atoms with Crippen LogP contribution < -0.4 is 5.73 Å². The number of hydrogen-bond donors (Lipinski definition) is 1. The standard InChI is InChI=1S/C16H27N3/c1-3-19(11-10-14-7-5-9-16(14)17)12-15-8-4-6-13(2)18-15/h4,6,8,14,16H,3,5,7,9-12,17H2,1-2H3. The van der Waals surface area contributed by atoms with E-state index >= 15 is 0 Å². The van der Waals surface area contributed by atoms with Crippen LogP contribution in [0.1, 0.15) is 44.0 Å². The summed E-state index contributed by atoms with van der Waals surface area (Å²) in [6.07, 6.45) is 5.09. The largest absolute Gasteiger partial charge is 0.327 e. The highest BCUT2D eigenvalue weighted by atomic mass is 15.1. The highest BCUT2D eigenvalue weighted by Crippen LogP contribution is 2.27. The number of pyridine rings is 1. The van der Waals surface area contributed by atoms with Crippen molar-refractivity contribution in [2.24, 2.45) is 11.7 Å². The molecule has 0 amide bonds. The molecule has 0 radical (unpaired) electrons. The Hall–Kier alpha value is -0.930. The van der Waals surface area contributed by atoms with Crippen molar-refractivity contribution in [2.45, 2.75) is 52.1 Å². The Morgan fingerprint density at radius 2 is 2.21 bits per heavy atom. The van der Waals surface area contributed by atoms with E-state index in [1.54, 1.807) is 0 Å². The average Bonchev–Trinajstić information content (AvgIpc) is 2.80. The third kappa shape index (κ3) is 4.29. The fourth-order valence-corrected chi connectivity index (χ4v) is 3.04. The summed E-state index contributed by atoms with van der Waals surface area (Å²) >= 11 is 0. The number of nitrogens with two attached hydrogens (primary N) is 1. The minimum atomic E-state index is 0.441. The van der Waals surface area contributed by atoms with Crippen LogP contribution in [0.25, 0.3) is 0 Å². The van der Waals surface area contributed by atoms with Crippen molar-refractivity contribution in [2.75, 3.05) is 13.1 Å². The Morgan fingerprint density at radius 1 is 1.37 bits per heavy atom. The van der Waals surface area contributed by atoms with Crippen LogP contribution >= 0.6 is 0 Å². The van der Waals surface area contributed by atoms with Crippen molar-refractivity contribution >= 4 is 0 Å². The second kappa shape index (κ2) is 7.01. The van der Waals surface area contributed by atoms with Crippen LogP contribution in [0.5, 0.6) is 0 Å². The lowest BCUT2D eigenvalue weighted by molar-refractivity contribution is 0.248. The molecule has 1 aromatic heterocycles. The molecule has 1 saturated carbocycles. The lowest BCUT2D eigenvalue weighted by Crippen LogP contribution is -2.30. The van der Waals surface area contributed by atoms with Gasteiger partial charge in [-0.1, -0.05) is 19.4 Å². The first-order valence-electron chi connectivity index (χ1n) is 7.59. The number of aromatic nitrogens is 1. The predicted octanol–water partition coefficient (Wildman–Crippen LogP) is 2.73. The van der Waals surface area contributed by atoms with Gasteiger partial charge in [0.15, 0.2) is 0 Å². The lowest BCUT2D eigenvalue weighted by atomic mass is 10.00. The molecule has 1 fully saturated rings. The molecular weight excluding hydrogens is 234 g/mol. The molecule has 0 bridgehead atoms. The molecule has 2 unspecified atom stereocenters. The average molecular weight is 261 g/mol. The van der Waals surface area contributed by atoms with Gasteiger partial charge in [0.2, 0.25) is 0 Å². The second-order valence-corrected chi connectivity index (χ2v) is 5.78. The molecule has 19 heavy (non-hydrogen) atoms. The van der Waals surface area contributed by atoms with Gasteiger partial charge >= 0.3 is 0 Å². The molecule has 2 rings (SSSR count). The van der Waals surface area contributed by atoms with Crippen molar-refractivity contribution in [1.82, 2.24) is 9.88 Å². The van der Waals surface area contributed by atoms with Gasteiger partial charge in [-0.05, 0) is 57.3 Å². The molecule has 106 valence electrons. The van der Waals surface area contributed by atoms with E-state index in [9.17, 15) is 0 Å². The summed E-state index contributed by atoms with van der Waals surface area (Å²) in [5.74, 6) is 0.736. The smallest absolute Gasteiger partial charge is 0.0547 e. The van der Waals surface area contributed by atoms with E-state index in [1.807, 2.05) is 0 Å². The number of aryl methyl sites for hydroxylation is 1. The topological polar surface area (TPSA) is 42.1 Å². The van der Waals surface area contributed by atoms with Gasteiger partial charge in [-0.15, -0.1) is 0 Å². The first kappa shape index (κ1) is 14.5. The molecule has 0 spiro atoms. The summed E-state index contributed by atoms with van der Waals surface area (Å²) in [7, 11) is 0. The van der Waals surface area contributed by atoms with Crippen molar-refractivity contribution in [1.29, 1.82) is 0 Å². The van der Waals surface area contributed by atoms with Crippen LogP contribution in [-0.2, 0) is 6.54 Å². The SMILES string of the molecule is CCN(CCC1CCCC1N)Cc1cccc(C)n1. The van der Waals surface area contributed by atoms with E-state index in [0.29, 0.717) is 6.04 Å². The Morgan fingerprint density at radius 3 is 2.84 bits per heavy atom. The fourth-order valence-electron chi connectivity index (χ4n) is 3.04. The van der Waals surface area contributed by atoms with Gasteiger partial charge in [-0.3, -0.25) is 9.88 Å². The maximum Gasteiger partial charge on any atom is 0.0547 e. The quantitative estimate of drug-likeness (QED) is 0.856. The summed E-state index contributed by atoms with van der Waals surface area (Å²) < 4.78 is 0. The predicted molar refractivity (Wildman–Crippen MR) is 79.9 cm³/mol. The van der Waals surface area contributed by atoms with Gasteiger partial charge in [-0.25, -0.2) is 0 Å². The molecule has 2 atom stereocenters. The highest BCUT2D eigenvalue weighted by Gasteiger charge is 2.23. The van der Waals surface area contributed by atoms with Gasteiger partial charge < -0.3 is 5.73 Å². The molecular formula is C16H27N3. The summed E-state index contributed by atoms with van der Waals surface area (Å²) in [5, 5.41) is 0. The Balaban J connectivity index is 1.83. The maximum atomic E-state index is 6.15. The van der Waals surface area contributed by atoms with Crippen molar-refractivity contribution < 1.29 is 0 Å². The maximum absolute atomic E-state index is 6.15. The molecule has 2 N–H and O–H groups in total. The number of rotatable bonds is 6. The van der Waals surface area contributed by atoms with Gasteiger partial charge in [-0.2, -0.15) is 0 Å². The number of hydrogen-bond acceptors (Lipinski definition) is 3. The summed E-state index contributed by atoms with van der Waals surface area (Å²) in [4.78, 5) is 7.07. The zero-order valence-electron chi connectivity index (χ0n) is 12.3. The van der Waals surface area contributed by atoms with Crippen molar-refractivity contribution in [3.8, 4) is 0 Å². The second-order valence-electron chi connectivity index (χ2n) is 5.78. The van der Waals surface area contributed by atoms with Crippen LogP contribution in [0.15, 0.2) is 18.2 Å². The normalized spacial score (nSPS) is 23.2. The number of nitrogens with zero attached hydrogens (tertiary/aromatic N) is 2. The summed E-state index contributed by atoms with van der Waals surface area (Å²) in [6, 6.07) is 6.71. The Bertz CT molecular complexity index is 391. The first-order chi connectivity index (χ1) is 9.19. The molecule has 0 aromatic carbocycles. The molecule has 3 heteroatoms. The molecule has 1 aliphatic rings. The van der Waals surface area contributed by atoms with E-state index in [-0.39, 0.29) is 0 Å². The summed E-state index contributed by atoms with van der Waals surface area (Å²) in [5.41, 5.74) is 8.43. The minimum absolute atomic E-state index is 0.441. The van der Waals surface area contributed by atoms with E-state index in [4.69, 9.17) is 5.73 Å². The van der Waals surface area contributed by atoms with E-state index in [2.05, 4.69) is 41.9 Å². The van der Waals surface area contributed by atoms with Crippen molar-refractivity contribution in [3.05, 3.63) is 29.6 Å². The Kier molecular flexibility index (Phi) is 5.34. The third-order valence-electron chi connectivity index (χ3n) is 4.31. The zero-order valence-corrected chi connectivity index (χ0v) is 12.3. The molecule has 0 saturated heterocycles. The molecule has 3 nitrogen and oxygen atoms in total. The van der Waals surface area contributed by atoms with Crippen LogP contribution in [-0.4, -0.2) is 29.0 Å². The molecule has 1 heterocycles.